The normalized spacial score (nSPS) is 33.3. The monoisotopic (exact) mass is 557 g/mol. The second kappa shape index (κ2) is 9.29. The second-order valence-corrected chi connectivity index (χ2v) is 13.9. The number of carboxylic acids is 1. The first kappa shape index (κ1) is 25.8. The number of halogens is 1. The highest BCUT2D eigenvalue weighted by Gasteiger charge is 2.66. The summed E-state index contributed by atoms with van der Waals surface area (Å²) in [6.45, 7) is 2.55. The van der Waals surface area contributed by atoms with Crippen molar-refractivity contribution in [3.8, 4) is 0 Å². The Balaban J connectivity index is 1.28. The summed E-state index contributed by atoms with van der Waals surface area (Å²) >= 11 is 0. The molecule has 1 amide bonds. The maximum atomic E-state index is 15.1. The molecular formula is C34H40FN3O3. The number of aromatic nitrogens is 1. The number of aromatic carboxylic acids is 1. The van der Waals surface area contributed by atoms with Crippen LogP contribution in [-0.2, 0) is 11.3 Å². The molecular weight excluding hydrogens is 517 g/mol. The highest BCUT2D eigenvalue weighted by Crippen LogP contribution is 2.66. The van der Waals surface area contributed by atoms with Crippen LogP contribution in [0.25, 0.3) is 16.5 Å². The van der Waals surface area contributed by atoms with E-state index in [4.69, 9.17) is 0 Å². The van der Waals surface area contributed by atoms with Crippen molar-refractivity contribution in [2.45, 2.75) is 88.8 Å². The van der Waals surface area contributed by atoms with E-state index in [2.05, 4.69) is 21.4 Å². The number of fused-ring (bicyclic) bond motifs is 9. The van der Waals surface area contributed by atoms with Gasteiger partial charge in [0.05, 0.1) is 11.0 Å². The first-order valence-electron chi connectivity index (χ1n) is 15.8. The standard InChI is InChI=1S/C34H40FN3O3/c1-36-18-23-9-10-24(19-36)38(23)33(41)34-13-14-37-29-15-21(32(39)40)7-11-26(29)30(20-5-3-2-4-6-20)31(37)25-12-8-22(35)16-27(25)28(34)17-34/h7-8,11-12,15,20,23-24,27-28H,2-6,9-10,13-14,16-19H2,1H3,(H,39,40)/t23?,24?,27?,28-,34+/m0/s1. The summed E-state index contributed by atoms with van der Waals surface area (Å²) in [5.41, 5.74) is 4.48. The molecule has 1 aromatic heterocycles. The fourth-order valence-corrected chi connectivity index (χ4v) is 9.68. The van der Waals surface area contributed by atoms with E-state index >= 15 is 4.39 Å². The molecule has 6 nitrogen and oxygen atoms in total. The number of hydrogen-bond acceptors (Lipinski definition) is 3. The lowest BCUT2D eigenvalue weighted by molar-refractivity contribution is -0.144. The molecule has 4 fully saturated rings. The number of piperazine rings is 1. The fourth-order valence-electron chi connectivity index (χ4n) is 9.68. The van der Waals surface area contributed by atoms with Gasteiger partial charge in [0.15, 0.2) is 0 Å². The Bertz CT molecular complexity index is 1500. The minimum atomic E-state index is -0.924. The summed E-state index contributed by atoms with van der Waals surface area (Å²) in [7, 11) is 2.16. The predicted octanol–water partition coefficient (Wildman–Crippen LogP) is 6.36. The van der Waals surface area contributed by atoms with Crippen molar-refractivity contribution < 1.29 is 19.1 Å². The molecule has 41 heavy (non-hydrogen) atoms. The number of carbonyl (C=O) groups is 2. The van der Waals surface area contributed by atoms with Gasteiger partial charge >= 0.3 is 5.97 Å². The molecule has 1 N–H and O–H groups in total. The Morgan fingerprint density at radius 2 is 1.78 bits per heavy atom. The van der Waals surface area contributed by atoms with E-state index in [-0.39, 0.29) is 29.7 Å². The summed E-state index contributed by atoms with van der Waals surface area (Å²) in [5.74, 6) is -0.175. The van der Waals surface area contributed by atoms with Crippen LogP contribution in [0, 0.1) is 17.3 Å². The maximum Gasteiger partial charge on any atom is 0.335 e. The molecule has 5 atom stereocenters. The third-order valence-electron chi connectivity index (χ3n) is 11.6. The lowest BCUT2D eigenvalue weighted by Crippen LogP contribution is -2.57. The first-order chi connectivity index (χ1) is 19.9. The zero-order valence-electron chi connectivity index (χ0n) is 23.9. The van der Waals surface area contributed by atoms with E-state index < -0.39 is 11.4 Å². The van der Waals surface area contributed by atoms with Gasteiger partial charge in [-0.05, 0) is 92.7 Å². The molecule has 7 heteroatoms. The molecule has 3 unspecified atom stereocenters. The lowest BCUT2D eigenvalue weighted by atomic mass is 9.75. The molecule has 3 aliphatic heterocycles. The molecule has 8 rings (SSSR count). The van der Waals surface area contributed by atoms with Crippen LogP contribution in [0.15, 0.2) is 36.2 Å². The highest BCUT2D eigenvalue weighted by atomic mass is 19.1. The molecule has 6 aliphatic rings. The average Bonchev–Trinajstić information content (AvgIpc) is 3.51. The average molecular weight is 558 g/mol. The van der Waals surface area contributed by atoms with Crippen molar-refractivity contribution in [1.29, 1.82) is 0 Å². The van der Waals surface area contributed by atoms with E-state index in [1.54, 1.807) is 12.1 Å². The Kier molecular flexibility index (Phi) is 5.83. The van der Waals surface area contributed by atoms with E-state index in [1.807, 2.05) is 18.2 Å². The zero-order valence-corrected chi connectivity index (χ0v) is 23.9. The number of hydrogen-bond donors (Lipinski definition) is 1. The van der Waals surface area contributed by atoms with E-state index in [0.29, 0.717) is 30.4 Å². The summed E-state index contributed by atoms with van der Waals surface area (Å²) < 4.78 is 17.4. The lowest BCUT2D eigenvalue weighted by Gasteiger charge is -2.42. The summed E-state index contributed by atoms with van der Waals surface area (Å²) in [4.78, 5) is 31.2. The van der Waals surface area contributed by atoms with E-state index in [0.717, 1.165) is 62.5 Å². The fraction of sp³-hybridized carbons (Fsp3) is 0.588. The Morgan fingerprint density at radius 1 is 1.02 bits per heavy atom. The van der Waals surface area contributed by atoms with Crippen LogP contribution in [0.4, 0.5) is 4.39 Å². The number of aryl methyl sites for hydroxylation is 1. The number of likely N-dealkylation sites (N-methyl/N-ethyl adjacent to an activating group) is 1. The predicted molar refractivity (Wildman–Crippen MR) is 156 cm³/mol. The van der Waals surface area contributed by atoms with Crippen LogP contribution in [-0.4, -0.2) is 63.6 Å². The number of likely N-dealkylation sites (tertiary alicyclic amines) is 1. The van der Waals surface area contributed by atoms with Gasteiger partial charge < -0.3 is 19.5 Å². The smallest absolute Gasteiger partial charge is 0.335 e. The van der Waals surface area contributed by atoms with Crippen LogP contribution in [0.2, 0.25) is 0 Å². The number of nitrogens with zero attached hydrogens (tertiary/aromatic N) is 3. The Morgan fingerprint density at radius 3 is 2.51 bits per heavy atom. The quantitative estimate of drug-likeness (QED) is 0.477. The SMILES string of the molecule is CN1CC2CCC(C1)N2C(=O)[C@@]12CCn3c(c(C4CCCCC4)c4ccc(C(=O)O)cc43)C3=CC=C(F)CC3[C@@H]1C2. The Labute approximate surface area is 240 Å². The largest absolute Gasteiger partial charge is 0.478 e. The van der Waals surface area contributed by atoms with Crippen molar-refractivity contribution in [3.63, 3.8) is 0 Å². The van der Waals surface area contributed by atoms with Gasteiger partial charge in [-0.25, -0.2) is 9.18 Å². The van der Waals surface area contributed by atoms with Gasteiger partial charge in [-0.1, -0.05) is 31.4 Å². The van der Waals surface area contributed by atoms with Crippen LogP contribution in [0.1, 0.15) is 91.7 Å². The zero-order chi connectivity index (χ0) is 28.0. The molecule has 2 saturated carbocycles. The third-order valence-corrected chi connectivity index (χ3v) is 11.6. The molecule has 216 valence electrons. The van der Waals surface area contributed by atoms with Crippen molar-refractivity contribution in [3.05, 3.63) is 53.0 Å². The van der Waals surface area contributed by atoms with E-state index in [9.17, 15) is 14.7 Å². The van der Waals surface area contributed by atoms with Gasteiger partial charge in [-0.15, -0.1) is 0 Å². The van der Waals surface area contributed by atoms with Gasteiger partial charge in [0.1, 0.15) is 5.83 Å². The van der Waals surface area contributed by atoms with Gasteiger partial charge in [-0.2, -0.15) is 0 Å². The molecule has 2 saturated heterocycles. The molecule has 2 bridgehead atoms. The topological polar surface area (TPSA) is 65.8 Å². The minimum absolute atomic E-state index is 0.0290. The van der Waals surface area contributed by atoms with Crippen LogP contribution in [0.5, 0.6) is 0 Å². The number of carboxylic acid groups (broad SMARTS) is 1. The van der Waals surface area contributed by atoms with Gasteiger partial charge in [0.2, 0.25) is 5.91 Å². The molecule has 4 heterocycles. The summed E-state index contributed by atoms with van der Waals surface area (Å²) in [6.07, 6.45) is 13.6. The van der Waals surface area contributed by atoms with Gasteiger partial charge in [0.25, 0.3) is 0 Å². The van der Waals surface area contributed by atoms with Crippen LogP contribution < -0.4 is 0 Å². The van der Waals surface area contributed by atoms with Crippen molar-refractivity contribution >= 4 is 28.4 Å². The van der Waals surface area contributed by atoms with Gasteiger partial charge in [-0.3, -0.25) is 4.79 Å². The van der Waals surface area contributed by atoms with E-state index in [1.165, 1.54) is 36.1 Å². The molecule has 1 aromatic carbocycles. The first-order valence-corrected chi connectivity index (χ1v) is 15.8. The Hall–Kier alpha value is -2.93. The highest BCUT2D eigenvalue weighted by molar-refractivity contribution is 5.98. The second-order valence-electron chi connectivity index (χ2n) is 13.9. The number of carbonyl (C=O) groups excluding carboxylic acids is 1. The maximum absolute atomic E-state index is 15.1. The molecule has 0 radical (unpaired) electrons. The number of benzene rings is 1. The third kappa shape index (κ3) is 3.83. The van der Waals surface area contributed by atoms with Crippen LogP contribution in [0.3, 0.4) is 0 Å². The number of amides is 1. The van der Waals surface area contributed by atoms with Crippen molar-refractivity contribution in [1.82, 2.24) is 14.4 Å². The van der Waals surface area contributed by atoms with Gasteiger partial charge in [0, 0.05) is 54.7 Å². The summed E-state index contributed by atoms with van der Waals surface area (Å²) in [5, 5.41) is 11.0. The molecule has 0 spiro atoms. The van der Waals surface area contributed by atoms with Crippen molar-refractivity contribution in [2.75, 3.05) is 20.1 Å². The molecule has 3 aliphatic carbocycles. The molecule has 2 aromatic rings. The summed E-state index contributed by atoms with van der Waals surface area (Å²) in [6, 6.07) is 6.15. The minimum Gasteiger partial charge on any atom is -0.478 e. The number of rotatable bonds is 3. The number of allylic oxidation sites excluding steroid dienone is 4. The van der Waals surface area contributed by atoms with Crippen LogP contribution >= 0.6 is 0 Å². The van der Waals surface area contributed by atoms with Crippen molar-refractivity contribution in [2.24, 2.45) is 17.3 Å².